The molecule has 0 spiro atoms. The molecule has 1 unspecified atom stereocenters. The molecule has 3 N–H and O–H groups in total. The van der Waals surface area contributed by atoms with Gasteiger partial charge in [0, 0.05) is 25.7 Å². The molecule has 2 saturated heterocycles. The fraction of sp³-hybridized carbons (Fsp3) is 0.923. The summed E-state index contributed by atoms with van der Waals surface area (Å²) in [4.78, 5) is 13.5. The molecule has 1 saturated carbocycles. The summed E-state index contributed by atoms with van der Waals surface area (Å²) < 4.78 is 0. The first-order chi connectivity index (χ1) is 8.67. The van der Waals surface area contributed by atoms with Crippen molar-refractivity contribution < 1.29 is 9.90 Å². The molecule has 18 heavy (non-hydrogen) atoms. The third-order valence-corrected chi connectivity index (χ3v) is 4.56. The van der Waals surface area contributed by atoms with Crippen molar-refractivity contribution in [3.63, 3.8) is 0 Å². The zero-order valence-electron chi connectivity index (χ0n) is 10.8. The Labute approximate surface area is 108 Å². The van der Waals surface area contributed by atoms with E-state index in [1.165, 1.54) is 32.4 Å². The molecule has 5 nitrogen and oxygen atoms in total. The second-order valence-electron chi connectivity index (χ2n) is 6.22. The van der Waals surface area contributed by atoms with Crippen LogP contribution in [0.1, 0.15) is 25.7 Å². The number of carboxylic acid groups (broad SMARTS) is 1. The highest BCUT2D eigenvalue weighted by molar-refractivity contribution is 5.68. The number of nitrogens with one attached hydrogen (secondary N) is 2. The summed E-state index contributed by atoms with van der Waals surface area (Å²) in [6.07, 6.45) is 4.26. The smallest absolute Gasteiger partial charge is 0.305 e. The number of likely N-dealkylation sites (tertiary alicyclic amines) is 1. The van der Waals surface area contributed by atoms with Gasteiger partial charge in [0.25, 0.3) is 0 Å². The van der Waals surface area contributed by atoms with E-state index in [-0.39, 0.29) is 12.0 Å². The Kier molecular flexibility index (Phi) is 3.30. The van der Waals surface area contributed by atoms with Crippen molar-refractivity contribution in [1.82, 2.24) is 15.5 Å². The lowest BCUT2D eigenvalue weighted by Crippen LogP contribution is -2.69. The Hall–Kier alpha value is -0.650. The highest BCUT2D eigenvalue weighted by atomic mass is 16.4. The lowest BCUT2D eigenvalue weighted by Gasteiger charge is -2.43. The van der Waals surface area contributed by atoms with Crippen LogP contribution in [-0.4, -0.2) is 60.3 Å². The average Bonchev–Trinajstić information content (AvgIpc) is 3.02. The van der Waals surface area contributed by atoms with Crippen LogP contribution < -0.4 is 10.6 Å². The summed E-state index contributed by atoms with van der Waals surface area (Å²) in [5.74, 6) is 0.00639. The number of hydrogen-bond donors (Lipinski definition) is 3. The fourth-order valence-corrected chi connectivity index (χ4v) is 3.19. The minimum Gasteiger partial charge on any atom is -0.481 e. The van der Waals surface area contributed by atoms with E-state index in [1.54, 1.807) is 0 Å². The highest BCUT2D eigenvalue weighted by Gasteiger charge is 2.40. The van der Waals surface area contributed by atoms with E-state index in [2.05, 4.69) is 15.5 Å². The maximum absolute atomic E-state index is 10.9. The first-order valence-corrected chi connectivity index (χ1v) is 7.08. The Morgan fingerprint density at radius 2 is 2.17 bits per heavy atom. The van der Waals surface area contributed by atoms with Crippen molar-refractivity contribution in [3.8, 4) is 0 Å². The topological polar surface area (TPSA) is 64.6 Å². The zero-order valence-corrected chi connectivity index (χ0v) is 10.8. The summed E-state index contributed by atoms with van der Waals surface area (Å²) in [6, 6.07) is 0.869. The number of rotatable bonds is 6. The van der Waals surface area contributed by atoms with Crippen molar-refractivity contribution in [1.29, 1.82) is 0 Å². The average molecular weight is 253 g/mol. The van der Waals surface area contributed by atoms with E-state index < -0.39 is 5.97 Å². The largest absolute Gasteiger partial charge is 0.481 e. The van der Waals surface area contributed by atoms with Gasteiger partial charge in [-0.15, -0.1) is 0 Å². The van der Waals surface area contributed by atoms with Crippen molar-refractivity contribution in [3.05, 3.63) is 0 Å². The van der Waals surface area contributed by atoms with E-state index in [4.69, 9.17) is 5.11 Å². The predicted octanol–water partition coefficient (Wildman–Crippen LogP) is -0.123. The van der Waals surface area contributed by atoms with E-state index in [9.17, 15) is 4.79 Å². The van der Waals surface area contributed by atoms with Crippen LogP contribution in [0.3, 0.4) is 0 Å². The first-order valence-electron chi connectivity index (χ1n) is 7.08. The van der Waals surface area contributed by atoms with Gasteiger partial charge in [0.05, 0.1) is 12.0 Å². The molecule has 2 heterocycles. The number of carboxylic acids is 1. The molecule has 0 aromatic carbocycles. The molecule has 0 radical (unpaired) electrons. The SMILES string of the molecule is O=C(O)CC1(NCC2CCN(C3CC3)C2)CNC1. The lowest BCUT2D eigenvalue weighted by molar-refractivity contribution is -0.139. The molecule has 3 aliphatic rings. The minimum atomic E-state index is -0.699. The second kappa shape index (κ2) is 4.79. The standard InChI is InChI=1S/C13H23N3O2/c17-12(18)5-13(8-14-9-13)15-6-10-3-4-16(7-10)11-1-2-11/h10-11,14-15H,1-9H2,(H,17,18). The molecule has 5 heteroatoms. The Morgan fingerprint density at radius 1 is 1.39 bits per heavy atom. The van der Waals surface area contributed by atoms with E-state index in [0.29, 0.717) is 5.92 Å². The molecule has 3 rings (SSSR count). The van der Waals surface area contributed by atoms with Gasteiger partial charge in [-0.1, -0.05) is 0 Å². The van der Waals surface area contributed by atoms with Gasteiger partial charge in [0.2, 0.25) is 0 Å². The summed E-state index contributed by atoms with van der Waals surface area (Å²) in [6.45, 7) is 4.99. The van der Waals surface area contributed by atoms with Gasteiger partial charge in [0.1, 0.15) is 0 Å². The summed E-state index contributed by atoms with van der Waals surface area (Å²) in [7, 11) is 0. The zero-order chi connectivity index (χ0) is 12.6. The number of aliphatic carboxylic acids is 1. The molecule has 0 amide bonds. The first kappa shape index (κ1) is 12.4. The monoisotopic (exact) mass is 253 g/mol. The molecule has 1 atom stereocenters. The van der Waals surface area contributed by atoms with Gasteiger partial charge < -0.3 is 20.6 Å². The van der Waals surface area contributed by atoms with Crippen molar-refractivity contribution in [2.24, 2.45) is 5.92 Å². The number of carbonyl (C=O) groups is 1. The molecule has 0 bridgehead atoms. The maximum atomic E-state index is 10.9. The summed E-state index contributed by atoms with van der Waals surface area (Å²) in [5, 5.41) is 15.7. The van der Waals surface area contributed by atoms with Crippen molar-refractivity contribution in [2.75, 3.05) is 32.7 Å². The maximum Gasteiger partial charge on any atom is 0.305 e. The van der Waals surface area contributed by atoms with Crippen LogP contribution in [0.5, 0.6) is 0 Å². The highest BCUT2D eigenvalue weighted by Crippen LogP contribution is 2.31. The van der Waals surface area contributed by atoms with E-state index in [1.807, 2.05) is 0 Å². The van der Waals surface area contributed by atoms with Gasteiger partial charge in [-0.05, 0) is 38.3 Å². The van der Waals surface area contributed by atoms with Crippen molar-refractivity contribution >= 4 is 5.97 Å². The lowest BCUT2D eigenvalue weighted by atomic mass is 9.88. The Morgan fingerprint density at radius 3 is 2.72 bits per heavy atom. The molecule has 102 valence electrons. The molecule has 0 aromatic rings. The van der Waals surface area contributed by atoms with Gasteiger partial charge in [-0.3, -0.25) is 4.79 Å². The normalized spacial score (nSPS) is 31.2. The van der Waals surface area contributed by atoms with E-state index in [0.717, 1.165) is 25.7 Å². The number of nitrogens with zero attached hydrogens (tertiary/aromatic N) is 1. The third kappa shape index (κ3) is 2.68. The Balaban J connectivity index is 1.44. The molecular formula is C13H23N3O2. The molecule has 1 aliphatic carbocycles. The van der Waals surface area contributed by atoms with Crippen LogP contribution >= 0.6 is 0 Å². The summed E-state index contributed by atoms with van der Waals surface area (Å²) >= 11 is 0. The van der Waals surface area contributed by atoms with Crippen LogP contribution in [0.4, 0.5) is 0 Å². The quantitative estimate of drug-likeness (QED) is 0.616. The van der Waals surface area contributed by atoms with Gasteiger partial charge >= 0.3 is 5.97 Å². The van der Waals surface area contributed by atoms with Gasteiger partial charge in [-0.25, -0.2) is 0 Å². The fourth-order valence-electron chi connectivity index (χ4n) is 3.19. The van der Waals surface area contributed by atoms with Crippen LogP contribution in [0, 0.1) is 5.92 Å². The Bertz CT molecular complexity index is 326. The van der Waals surface area contributed by atoms with Crippen LogP contribution in [0.15, 0.2) is 0 Å². The minimum absolute atomic E-state index is 0.182. The van der Waals surface area contributed by atoms with Crippen LogP contribution in [-0.2, 0) is 4.79 Å². The van der Waals surface area contributed by atoms with Crippen molar-refractivity contribution in [2.45, 2.75) is 37.3 Å². The molecule has 3 fully saturated rings. The predicted molar refractivity (Wildman–Crippen MR) is 68.6 cm³/mol. The van der Waals surface area contributed by atoms with Gasteiger partial charge in [0.15, 0.2) is 0 Å². The van der Waals surface area contributed by atoms with Gasteiger partial charge in [-0.2, -0.15) is 0 Å². The van der Waals surface area contributed by atoms with Crippen LogP contribution in [0.25, 0.3) is 0 Å². The molecule has 0 aromatic heterocycles. The number of hydrogen-bond acceptors (Lipinski definition) is 4. The van der Waals surface area contributed by atoms with E-state index >= 15 is 0 Å². The second-order valence-corrected chi connectivity index (χ2v) is 6.22. The molecule has 2 aliphatic heterocycles. The summed E-state index contributed by atoms with van der Waals surface area (Å²) in [5.41, 5.74) is -0.182. The third-order valence-electron chi connectivity index (χ3n) is 4.56. The van der Waals surface area contributed by atoms with Crippen LogP contribution in [0.2, 0.25) is 0 Å². The molecular weight excluding hydrogens is 230 g/mol.